The Morgan fingerprint density at radius 1 is 1.13 bits per heavy atom. The van der Waals surface area contributed by atoms with E-state index < -0.39 is 5.91 Å². The third-order valence-electron chi connectivity index (χ3n) is 7.58. The predicted octanol–water partition coefficient (Wildman–Crippen LogP) is 2.93. The molecule has 2 saturated heterocycles. The largest absolute Gasteiger partial charge is 0.377 e. The van der Waals surface area contributed by atoms with E-state index in [0.29, 0.717) is 42.3 Å². The topological polar surface area (TPSA) is 132 Å². The molecule has 2 aliphatic heterocycles. The highest BCUT2D eigenvalue weighted by molar-refractivity contribution is 6.08. The molecule has 0 bridgehead atoms. The van der Waals surface area contributed by atoms with Crippen molar-refractivity contribution in [3.63, 3.8) is 0 Å². The van der Waals surface area contributed by atoms with Gasteiger partial charge in [0.05, 0.1) is 60.8 Å². The first-order chi connectivity index (χ1) is 18.8. The first-order valence-corrected chi connectivity index (χ1v) is 13.1. The summed E-state index contributed by atoms with van der Waals surface area (Å²) in [5.74, 6) is -0.526. The monoisotopic (exact) mass is 529 g/mol. The predicted molar refractivity (Wildman–Crippen MR) is 145 cm³/mol. The van der Waals surface area contributed by atoms with Crippen molar-refractivity contribution >= 4 is 28.7 Å². The molecule has 2 N–H and O–H groups in total. The third-order valence-corrected chi connectivity index (χ3v) is 7.58. The molecule has 0 aliphatic carbocycles. The maximum atomic E-state index is 13.2. The molecular weight excluding hydrogens is 498 g/mol. The lowest BCUT2D eigenvalue weighted by atomic mass is 10.0. The lowest BCUT2D eigenvalue weighted by Gasteiger charge is -2.30. The number of fused-ring (bicyclic) bond motifs is 1. The van der Waals surface area contributed by atoms with Crippen LogP contribution in [0.2, 0.25) is 0 Å². The zero-order valence-corrected chi connectivity index (χ0v) is 22.2. The molecule has 39 heavy (non-hydrogen) atoms. The van der Waals surface area contributed by atoms with E-state index in [-0.39, 0.29) is 23.2 Å². The molecule has 0 atom stereocenters. The molecule has 2 fully saturated rings. The van der Waals surface area contributed by atoms with Crippen LogP contribution >= 0.6 is 0 Å². The second-order valence-corrected chi connectivity index (χ2v) is 10.8. The van der Waals surface area contributed by atoms with Crippen LogP contribution in [0.25, 0.3) is 16.6 Å². The smallest absolute Gasteiger partial charge is 0.278 e. The average Bonchev–Trinajstić information content (AvgIpc) is 3.59. The molecular formula is C27H31N9O3. The van der Waals surface area contributed by atoms with Crippen LogP contribution in [-0.2, 0) is 9.53 Å². The summed E-state index contributed by atoms with van der Waals surface area (Å²) in [6.07, 6.45) is 9.35. The van der Waals surface area contributed by atoms with E-state index in [1.54, 1.807) is 29.9 Å². The number of nitrogens with zero attached hydrogens (tertiary/aromatic N) is 7. The fraction of sp³-hybridized carbons (Fsp3) is 0.407. The highest BCUT2D eigenvalue weighted by Gasteiger charge is 2.33. The van der Waals surface area contributed by atoms with Gasteiger partial charge in [-0.05, 0) is 52.3 Å². The number of rotatable bonds is 7. The van der Waals surface area contributed by atoms with Crippen molar-refractivity contribution in [3.05, 3.63) is 54.4 Å². The maximum absolute atomic E-state index is 13.2. The summed E-state index contributed by atoms with van der Waals surface area (Å²) < 4.78 is 8.73. The van der Waals surface area contributed by atoms with Crippen LogP contribution in [0, 0.1) is 6.92 Å². The minimum atomic E-state index is -0.414. The van der Waals surface area contributed by atoms with Gasteiger partial charge in [-0.1, -0.05) is 11.3 Å². The number of likely N-dealkylation sites (tertiary alicyclic amines) is 1. The van der Waals surface area contributed by atoms with Crippen molar-refractivity contribution in [1.82, 2.24) is 34.5 Å². The second kappa shape index (κ2) is 9.86. The van der Waals surface area contributed by atoms with E-state index in [4.69, 9.17) is 4.74 Å². The number of carbonyl (C=O) groups is 2. The number of amides is 2. The minimum absolute atomic E-state index is 0.0115. The summed E-state index contributed by atoms with van der Waals surface area (Å²) in [6, 6.07) is 5.71. The van der Waals surface area contributed by atoms with Crippen LogP contribution in [-0.4, -0.2) is 78.1 Å². The molecule has 0 aromatic carbocycles. The summed E-state index contributed by atoms with van der Waals surface area (Å²) in [7, 11) is 0. The number of hydrogen-bond donors (Lipinski definition) is 2. The van der Waals surface area contributed by atoms with E-state index in [0.717, 1.165) is 30.5 Å². The van der Waals surface area contributed by atoms with Crippen LogP contribution in [0.3, 0.4) is 0 Å². The molecule has 0 saturated carbocycles. The van der Waals surface area contributed by atoms with Gasteiger partial charge >= 0.3 is 0 Å². The number of carbonyl (C=O) groups excluding carboxylic acids is 2. The fourth-order valence-corrected chi connectivity index (χ4v) is 5.03. The van der Waals surface area contributed by atoms with Crippen LogP contribution in [0.4, 0.5) is 11.4 Å². The van der Waals surface area contributed by atoms with Gasteiger partial charge in [0.25, 0.3) is 5.91 Å². The standard InChI is InChI=1S/C27H31N9O3/c1-17-22(9-20(11-28-17)30-24(37)14-34-8-4-7-27(34,2)3)31-26(38)25-23-6-5-18(12-36(23)33-32-25)19-10-29-35(13-19)21-15-39-16-21/h5-6,9-13,21H,4,7-8,14-16H2,1-3H3,(H,30,37)(H,31,38). The van der Waals surface area contributed by atoms with Gasteiger partial charge in [-0.3, -0.25) is 24.2 Å². The Balaban J connectivity index is 1.15. The van der Waals surface area contributed by atoms with Crippen molar-refractivity contribution < 1.29 is 14.3 Å². The van der Waals surface area contributed by atoms with Gasteiger partial charge in [0.1, 0.15) is 0 Å². The molecule has 0 unspecified atom stereocenters. The molecule has 2 amide bonds. The van der Waals surface area contributed by atoms with E-state index >= 15 is 0 Å². The van der Waals surface area contributed by atoms with Crippen molar-refractivity contribution in [1.29, 1.82) is 0 Å². The third kappa shape index (κ3) is 5.00. The van der Waals surface area contributed by atoms with Gasteiger partial charge in [0, 0.05) is 29.1 Å². The number of nitrogens with one attached hydrogen (secondary N) is 2. The first-order valence-electron chi connectivity index (χ1n) is 13.1. The van der Waals surface area contributed by atoms with E-state index in [1.165, 1.54) is 0 Å². The molecule has 12 heteroatoms. The van der Waals surface area contributed by atoms with Crippen LogP contribution in [0.5, 0.6) is 0 Å². The summed E-state index contributed by atoms with van der Waals surface area (Å²) in [4.78, 5) is 32.4. The van der Waals surface area contributed by atoms with Gasteiger partial charge in [-0.15, -0.1) is 5.10 Å². The molecule has 6 rings (SSSR count). The van der Waals surface area contributed by atoms with Gasteiger partial charge in [-0.2, -0.15) is 5.10 Å². The Kier molecular flexibility index (Phi) is 6.35. The summed E-state index contributed by atoms with van der Waals surface area (Å²) in [5.41, 5.74) is 4.25. The van der Waals surface area contributed by atoms with Crippen molar-refractivity contribution in [3.8, 4) is 11.1 Å². The molecule has 2 aliphatic rings. The SMILES string of the molecule is Cc1ncc(NC(=O)CN2CCCC2(C)C)cc1NC(=O)c1nnn2cc(-c3cnn(C4COC4)c3)ccc12. The number of aryl methyl sites for hydroxylation is 1. The average molecular weight is 530 g/mol. The fourth-order valence-electron chi connectivity index (χ4n) is 5.03. The molecule has 4 aromatic heterocycles. The maximum Gasteiger partial charge on any atom is 0.278 e. The molecule has 0 radical (unpaired) electrons. The van der Waals surface area contributed by atoms with E-state index in [9.17, 15) is 9.59 Å². The van der Waals surface area contributed by atoms with Crippen molar-refractivity contribution in [2.24, 2.45) is 0 Å². The summed E-state index contributed by atoms with van der Waals surface area (Å²) in [5, 5.41) is 18.5. The molecule has 4 aromatic rings. The number of hydrogen-bond acceptors (Lipinski definition) is 8. The number of anilines is 2. The van der Waals surface area contributed by atoms with Crippen molar-refractivity contribution in [2.45, 2.75) is 45.2 Å². The quantitative estimate of drug-likeness (QED) is 0.374. The Morgan fingerprint density at radius 3 is 2.72 bits per heavy atom. The Labute approximate surface area is 225 Å². The summed E-state index contributed by atoms with van der Waals surface area (Å²) >= 11 is 0. The Morgan fingerprint density at radius 2 is 1.97 bits per heavy atom. The minimum Gasteiger partial charge on any atom is -0.377 e. The summed E-state index contributed by atoms with van der Waals surface area (Å²) in [6.45, 7) is 8.66. The number of aromatic nitrogens is 6. The van der Waals surface area contributed by atoms with Gasteiger partial charge in [0.15, 0.2) is 5.69 Å². The highest BCUT2D eigenvalue weighted by atomic mass is 16.5. The zero-order chi connectivity index (χ0) is 27.1. The Hall–Kier alpha value is -4.16. The normalized spacial score (nSPS) is 17.3. The van der Waals surface area contributed by atoms with E-state index in [2.05, 4.69) is 49.8 Å². The van der Waals surface area contributed by atoms with Crippen LogP contribution in [0.15, 0.2) is 43.0 Å². The van der Waals surface area contributed by atoms with Crippen LogP contribution in [0.1, 0.15) is 48.9 Å². The molecule has 12 nitrogen and oxygen atoms in total. The first kappa shape index (κ1) is 25.1. The van der Waals surface area contributed by atoms with Crippen molar-refractivity contribution in [2.75, 3.05) is 36.9 Å². The van der Waals surface area contributed by atoms with Gasteiger partial charge in [-0.25, -0.2) is 4.52 Å². The van der Waals surface area contributed by atoms with E-state index in [1.807, 2.05) is 29.2 Å². The molecule has 6 heterocycles. The van der Waals surface area contributed by atoms with Crippen LogP contribution < -0.4 is 10.6 Å². The van der Waals surface area contributed by atoms with Gasteiger partial charge in [0.2, 0.25) is 5.91 Å². The second-order valence-electron chi connectivity index (χ2n) is 10.8. The lowest BCUT2D eigenvalue weighted by Crippen LogP contribution is -2.42. The Bertz CT molecular complexity index is 1550. The van der Waals surface area contributed by atoms with Gasteiger partial charge < -0.3 is 15.4 Å². The highest BCUT2D eigenvalue weighted by Crippen LogP contribution is 2.28. The number of ether oxygens (including phenoxy) is 1. The zero-order valence-electron chi connectivity index (χ0n) is 22.2. The lowest BCUT2D eigenvalue weighted by molar-refractivity contribution is -0.118. The number of pyridine rings is 2. The molecule has 202 valence electrons. The molecule has 0 spiro atoms.